The van der Waals surface area contributed by atoms with Gasteiger partial charge in [-0.25, -0.2) is 4.57 Å². The molecule has 0 spiro atoms. The Balaban J connectivity index is 4.33. The first-order valence-corrected chi connectivity index (χ1v) is 22.7. The van der Waals surface area contributed by atoms with Crippen molar-refractivity contribution in [2.24, 2.45) is 5.73 Å². The van der Waals surface area contributed by atoms with E-state index in [1.54, 1.807) is 6.08 Å². The molecule has 54 heavy (non-hydrogen) atoms. The smallest absolute Gasteiger partial charge is 0.462 e. The molecule has 0 radical (unpaired) electrons. The lowest BCUT2D eigenvalue weighted by molar-refractivity contribution is -0.161. The molecule has 3 atom stereocenters. The maximum Gasteiger partial charge on any atom is 0.472 e. The molecule has 0 rings (SSSR count). The Labute approximate surface area is 329 Å². The number of rotatable bonds is 39. The van der Waals surface area contributed by atoms with E-state index in [0.717, 1.165) is 32.1 Å². The summed E-state index contributed by atoms with van der Waals surface area (Å²) in [7, 11) is -4.40. The van der Waals surface area contributed by atoms with Crippen molar-refractivity contribution in [3.63, 3.8) is 0 Å². The molecule has 0 aliphatic rings. The van der Waals surface area contributed by atoms with Crippen LogP contribution in [0, 0.1) is 0 Å². The van der Waals surface area contributed by atoms with E-state index in [2.05, 4.69) is 19.9 Å². The van der Waals surface area contributed by atoms with Crippen molar-refractivity contribution >= 4 is 19.8 Å². The molecule has 0 aliphatic carbocycles. The minimum atomic E-state index is -4.40. The lowest BCUT2D eigenvalue weighted by Crippen LogP contribution is -2.29. The van der Waals surface area contributed by atoms with E-state index in [-0.39, 0.29) is 32.6 Å². The monoisotopic (exact) mass is 784 g/mol. The summed E-state index contributed by atoms with van der Waals surface area (Å²) in [5.41, 5.74) is 5.33. The number of hydrogen-bond acceptors (Lipinski definition) is 9. The van der Waals surface area contributed by atoms with E-state index >= 15 is 0 Å². The van der Waals surface area contributed by atoms with Crippen molar-refractivity contribution in [3.8, 4) is 0 Å². The number of allylic oxidation sites excluding steroid dienone is 6. The quantitative estimate of drug-likeness (QED) is 0.0180. The Bertz CT molecular complexity index is 1050. The number of nitrogens with two attached hydrogens (primary N) is 1. The van der Waals surface area contributed by atoms with Crippen molar-refractivity contribution in [1.82, 2.24) is 0 Å². The van der Waals surface area contributed by atoms with Gasteiger partial charge < -0.3 is 25.2 Å². The van der Waals surface area contributed by atoms with Crippen molar-refractivity contribution in [1.29, 1.82) is 0 Å². The van der Waals surface area contributed by atoms with Gasteiger partial charge in [0.2, 0.25) is 0 Å². The molecule has 11 heteroatoms. The standard InChI is InChI=1S/C43H78NO9P/c1-3-5-7-9-11-12-13-14-15-16-17-18-22-26-30-34-42(46)50-38-41(39-52-54(48,49)51-37-36-44)53-43(47)35-31-27-23-20-19-21-25-29-33-40(45)32-28-24-10-8-6-4-2/h20-21,23-25,28-29,33,40-41,45H,3-19,22,26-27,30-32,34-39,44H2,1-2H3,(H,48,49)/b23-20-,25-21-,28-24-,33-29+. The first-order valence-electron chi connectivity index (χ1n) is 21.2. The van der Waals surface area contributed by atoms with Crippen LogP contribution in [0.4, 0.5) is 0 Å². The van der Waals surface area contributed by atoms with Crippen LogP contribution in [0.5, 0.6) is 0 Å². The Morgan fingerprint density at radius 1 is 0.648 bits per heavy atom. The molecule has 0 aromatic carbocycles. The summed E-state index contributed by atoms with van der Waals surface area (Å²) < 4.78 is 32.6. The number of phosphoric ester groups is 1. The molecule has 0 saturated carbocycles. The van der Waals surface area contributed by atoms with Crippen LogP contribution in [0.3, 0.4) is 0 Å². The number of phosphoric acid groups is 1. The van der Waals surface area contributed by atoms with Crippen molar-refractivity contribution in [3.05, 3.63) is 48.6 Å². The van der Waals surface area contributed by atoms with Crippen LogP contribution in [0.1, 0.15) is 174 Å². The van der Waals surface area contributed by atoms with Crippen LogP contribution < -0.4 is 5.73 Å². The average Bonchev–Trinajstić information content (AvgIpc) is 3.15. The van der Waals surface area contributed by atoms with Gasteiger partial charge in [-0.15, -0.1) is 0 Å². The van der Waals surface area contributed by atoms with Crippen molar-refractivity contribution in [2.75, 3.05) is 26.4 Å². The third-order valence-electron chi connectivity index (χ3n) is 8.80. The number of ether oxygens (including phenoxy) is 2. The second-order valence-corrected chi connectivity index (χ2v) is 15.5. The van der Waals surface area contributed by atoms with Gasteiger partial charge in [0, 0.05) is 19.4 Å². The summed E-state index contributed by atoms with van der Waals surface area (Å²) in [5, 5.41) is 10.0. The lowest BCUT2D eigenvalue weighted by Gasteiger charge is -2.19. The molecule has 0 amide bonds. The molecule has 0 aliphatic heterocycles. The maximum absolute atomic E-state index is 12.5. The van der Waals surface area contributed by atoms with Crippen LogP contribution >= 0.6 is 7.82 Å². The lowest BCUT2D eigenvalue weighted by atomic mass is 10.0. The summed E-state index contributed by atoms with van der Waals surface area (Å²) >= 11 is 0. The molecule has 0 aromatic rings. The minimum Gasteiger partial charge on any atom is -0.462 e. The number of aliphatic hydroxyl groups excluding tert-OH is 1. The van der Waals surface area contributed by atoms with E-state index in [1.807, 2.05) is 36.5 Å². The Hall–Kier alpha value is -2.07. The van der Waals surface area contributed by atoms with Gasteiger partial charge in [0.25, 0.3) is 0 Å². The van der Waals surface area contributed by atoms with Gasteiger partial charge in [0.05, 0.1) is 19.3 Å². The summed E-state index contributed by atoms with van der Waals surface area (Å²) in [6.45, 7) is 3.55. The molecule has 0 fully saturated rings. The molecule has 314 valence electrons. The largest absolute Gasteiger partial charge is 0.472 e. The van der Waals surface area contributed by atoms with E-state index in [0.29, 0.717) is 19.3 Å². The van der Waals surface area contributed by atoms with Crippen LogP contribution in [0.2, 0.25) is 0 Å². The van der Waals surface area contributed by atoms with E-state index < -0.39 is 38.6 Å². The third-order valence-corrected chi connectivity index (χ3v) is 9.78. The molecule has 4 N–H and O–H groups in total. The van der Waals surface area contributed by atoms with E-state index in [9.17, 15) is 24.2 Å². The topological polar surface area (TPSA) is 155 Å². The molecule has 10 nitrogen and oxygen atoms in total. The van der Waals surface area contributed by atoms with Gasteiger partial charge in [-0.3, -0.25) is 18.6 Å². The van der Waals surface area contributed by atoms with Crippen molar-refractivity contribution in [2.45, 2.75) is 187 Å². The average molecular weight is 784 g/mol. The highest BCUT2D eigenvalue weighted by Gasteiger charge is 2.25. The Morgan fingerprint density at radius 2 is 1.20 bits per heavy atom. The molecule has 0 saturated heterocycles. The molecule has 0 heterocycles. The predicted molar refractivity (Wildman–Crippen MR) is 221 cm³/mol. The van der Waals surface area contributed by atoms with Gasteiger partial charge in [0.1, 0.15) is 6.61 Å². The van der Waals surface area contributed by atoms with Crippen molar-refractivity contribution < 1.29 is 42.7 Å². The summed E-state index contributed by atoms with van der Waals surface area (Å²) in [6, 6.07) is 0. The summed E-state index contributed by atoms with van der Waals surface area (Å²) in [5.74, 6) is -0.931. The van der Waals surface area contributed by atoms with Gasteiger partial charge in [-0.1, -0.05) is 165 Å². The second kappa shape index (κ2) is 39.2. The zero-order valence-electron chi connectivity index (χ0n) is 34.1. The number of esters is 2. The van der Waals surface area contributed by atoms with Crippen LogP contribution in [0.25, 0.3) is 0 Å². The molecule has 3 unspecified atom stereocenters. The second-order valence-electron chi connectivity index (χ2n) is 14.1. The predicted octanol–water partition coefficient (Wildman–Crippen LogP) is 10.9. The zero-order chi connectivity index (χ0) is 39.8. The van der Waals surface area contributed by atoms with Gasteiger partial charge >= 0.3 is 19.8 Å². The third kappa shape index (κ3) is 38.2. The SMILES string of the molecule is CCCCC/C=C\CC(O)/C=C/C=C\C/C=C\CCCC(=O)OC(COC(=O)CCCCCCCCCCCCCCCCC)COP(=O)(O)OCCN. The van der Waals surface area contributed by atoms with Crippen LogP contribution in [-0.2, 0) is 32.7 Å². The van der Waals surface area contributed by atoms with E-state index in [1.165, 1.54) is 96.3 Å². The van der Waals surface area contributed by atoms with Gasteiger partial charge in [-0.2, -0.15) is 0 Å². The highest BCUT2D eigenvalue weighted by Crippen LogP contribution is 2.43. The Kier molecular flexibility index (Phi) is 37.7. The fourth-order valence-corrected chi connectivity index (χ4v) is 6.36. The van der Waals surface area contributed by atoms with Gasteiger partial charge in [0.15, 0.2) is 6.10 Å². The number of aliphatic hydroxyl groups is 1. The first-order chi connectivity index (χ1) is 26.2. The molecule has 0 bridgehead atoms. The number of carbonyl (C=O) groups is 2. The van der Waals surface area contributed by atoms with Crippen LogP contribution in [0.15, 0.2) is 48.6 Å². The fraction of sp³-hybridized carbons (Fsp3) is 0.767. The Morgan fingerprint density at radius 3 is 1.83 bits per heavy atom. The normalized spacial score (nSPS) is 14.4. The summed E-state index contributed by atoms with van der Waals surface area (Å²) in [6.07, 6.45) is 40.3. The number of hydrogen-bond donors (Lipinski definition) is 3. The highest BCUT2D eigenvalue weighted by atomic mass is 31.2. The zero-order valence-corrected chi connectivity index (χ0v) is 35.0. The molecule has 0 aromatic heterocycles. The highest BCUT2D eigenvalue weighted by molar-refractivity contribution is 7.47. The minimum absolute atomic E-state index is 0.0343. The van der Waals surface area contributed by atoms with Gasteiger partial charge in [-0.05, 0) is 44.9 Å². The fourth-order valence-electron chi connectivity index (χ4n) is 5.59. The molecular formula is C43H78NO9P. The maximum atomic E-state index is 12.5. The molecular weight excluding hydrogens is 705 g/mol. The number of carbonyl (C=O) groups excluding carboxylic acids is 2. The van der Waals surface area contributed by atoms with Crippen LogP contribution in [-0.4, -0.2) is 60.5 Å². The first kappa shape index (κ1) is 51.9. The number of unbranched alkanes of at least 4 members (excludes halogenated alkanes) is 18. The van der Waals surface area contributed by atoms with E-state index in [4.69, 9.17) is 24.3 Å². The summed E-state index contributed by atoms with van der Waals surface area (Å²) in [4.78, 5) is 34.8.